The maximum Gasteiger partial charge on any atom is 0.311 e. The minimum atomic E-state index is -0.628. The van der Waals surface area contributed by atoms with Crippen molar-refractivity contribution in [3.8, 4) is 0 Å². The smallest absolute Gasteiger partial charge is 0.311 e. The molecule has 0 radical (unpaired) electrons. The summed E-state index contributed by atoms with van der Waals surface area (Å²) >= 11 is 5.66. The molecule has 23 heavy (non-hydrogen) atoms. The number of methoxy groups -OCH3 is 1. The second-order valence-electron chi connectivity index (χ2n) is 4.65. The minimum absolute atomic E-state index is 0.0395. The number of fused-ring (bicyclic) bond motifs is 1. The Morgan fingerprint density at radius 1 is 1.48 bits per heavy atom. The highest BCUT2D eigenvalue weighted by Crippen LogP contribution is 2.24. The lowest BCUT2D eigenvalue weighted by atomic mass is 10.1. The van der Waals surface area contributed by atoms with Gasteiger partial charge in [0.1, 0.15) is 0 Å². The molecule has 7 nitrogen and oxygen atoms in total. The summed E-state index contributed by atoms with van der Waals surface area (Å²) in [4.78, 5) is 18.8. The quantitative estimate of drug-likeness (QED) is 0.562. The van der Waals surface area contributed by atoms with Crippen LogP contribution >= 0.6 is 11.6 Å². The zero-order valence-electron chi connectivity index (χ0n) is 11.9. The van der Waals surface area contributed by atoms with Gasteiger partial charge in [-0.05, 0) is 29.8 Å². The highest BCUT2D eigenvalue weighted by molar-refractivity contribution is 6.28. The molecule has 0 atom stereocenters. The van der Waals surface area contributed by atoms with E-state index >= 15 is 0 Å². The van der Waals surface area contributed by atoms with Gasteiger partial charge in [0, 0.05) is 11.1 Å². The lowest BCUT2D eigenvalue weighted by Crippen LogP contribution is -2.05. The molecule has 0 aliphatic carbocycles. The fourth-order valence-corrected chi connectivity index (χ4v) is 2.20. The highest BCUT2D eigenvalue weighted by atomic mass is 35.5. The first-order valence-electron chi connectivity index (χ1n) is 6.55. The summed E-state index contributed by atoms with van der Waals surface area (Å²) in [5.74, 6) is -1.05. The van der Waals surface area contributed by atoms with Gasteiger partial charge in [0.2, 0.25) is 5.28 Å². The third-order valence-electron chi connectivity index (χ3n) is 3.16. The molecule has 9 heteroatoms. The van der Waals surface area contributed by atoms with E-state index in [-0.39, 0.29) is 23.5 Å². The normalized spacial score (nSPS) is 10.7. The molecule has 3 rings (SSSR count). The van der Waals surface area contributed by atoms with E-state index in [1.807, 2.05) is 0 Å². The molecule has 2 aromatic heterocycles. The molecule has 0 unspecified atom stereocenters. The summed E-state index contributed by atoms with van der Waals surface area (Å²) in [5, 5.41) is 10.4. The molecule has 3 aromatic rings. The molecule has 0 saturated heterocycles. The average molecular weight is 336 g/mol. The Morgan fingerprint density at radius 2 is 2.30 bits per heavy atom. The second kappa shape index (κ2) is 6.17. The van der Waals surface area contributed by atoms with Crippen molar-refractivity contribution in [2.75, 3.05) is 12.4 Å². The first-order chi connectivity index (χ1) is 11.1. The van der Waals surface area contributed by atoms with Crippen molar-refractivity contribution in [3.63, 3.8) is 0 Å². The van der Waals surface area contributed by atoms with Crippen LogP contribution < -0.4 is 5.32 Å². The summed E-state index contributed by atoms with van der Waals surface area (Å²) < 4.78 is 18.3. The average Bonchev–Trinajstić information content (AvgIpc) is 2.93. The predicted molar refractivity (Wildman–Crippen MR) is 82.1 cm³/mol. The van der Waals surface area contributed by atoms with Gasteiger partial charge < -0.3 is 10.1 Å². The monoisotopic (exact) mass is 335 g/mol. The maximum atomic E-state index is 13.7. The summed E-state index contributed by atoms with van der Waals surface area (Å²) in [7, 11) is 1.31. The fourth-order valence-electron chi connectivity index (χ4n) is 2.06. The van der Waals surface area contributed by atoms with Crippen LogP contribution in [-0.4, -0.2) is 33.2 Å². The maximum absolute atomic E-state index is 13.7. The first-order valence-corrected chi connectivity index (χ1v) is 6.93. The van der Waals surface area contributed by atoms with Crippen molar-refractivity contribution >= 4 is 40.0 Å². The number of rotatable bonds is 4. The lowest BCUT2D eigenvalue weighted by molar-refractivity contribution is -0.139. The molecule has 2 heterocycles. The van der Waals surface area contributed by atoms with Crippen LogP contribution in [0.25, 0.3) is 10.9 Å². The number of nitrogens with zero attached hydrogens (tertiary/aromatic N) is 3. The zero-order chi connectivity index (χ0) is 16.4. The van der Waals surface area contributed by atoms with Gasteiger partial charge in [0.05, 0.1) is 30.9 Å². The number of benzene rings is 1. The number of ether oxygens (including phenoxy) is 1. The van der Waals surface area contributed by atoms with Crippen molar-refractivity contribution < 1.29 is 13.9 Å². The van der Waals surface area contributed by atoms with Gasteiger partial charge in [-0.1, -0.05) is 0 Å². The van der Waals surface area contributed by atoms with Gasteiger partial charge in [0.15, 0.2) is 11.6 Å². The Bertz CT molecular complexity index is 883. The van der Waals surface area contributed by atoms with Crippen molar-refractivity contribution in [1.29, 1.82) is 0 Å². The molecule has 0 spiro atoms. The molecule has 0 bridgehead atoms. The van der Waals surface area contributed by atoms with E-state index in [4.69, 9.17) is 11.6 Å². The fraction of sp³-hybridized carbons (Fsp3) is 0.143. The molecule has 0 aliphatic heterocycles. The van der Waals surface area contributed by atoms with E-state index in [1.54, 1.807) is 18.2 Å². The van der Waals surface area contributed by atoms with Crippen LogP contribution in [0.1, 0.15) is 5.69 Å². The van der Waals surface area contributed by atoms with Crippen molar-refractivity contribution in [1.82, 2.24) is 20.2 Å². The Labute approximate surface area is 134 Å². The molecule has 0 amide bonds. The van der Waals surface area contributed by atoms with Crippen LogP contribution in [0.2, 0.25) is 5.28 Å². The molecule has 0 saturated carbocycles. The van der Waals surface area contributed by atoms with E-state index in [9.17, 15) is 9.18 Å². The highest BCUT2D eigenvalue weighted by Gasteiger charge is 2.12. The van der Waals surface area contributed by atoms with Crippen molar-refractivity contribution in [2.24, 2.45) is 0 Å². The molecule has 2 N–H and O–H groups in total. The third-order valence-corrected chi connectivity index (χ3v) is 3.34. The Morgan fingerprint density at radius 3 is 3.09 bits per heavy atom. The third kappa shape index (κ3) is 3.21. The topological polar surface area (TPSA) is 92.8 Å². The number of hydrogen-bond acceptors (Lipinski definition) is 6. The molecular formula is C14H11ClFN5O2. The van der Waals surface area contributed by atoms with Gasteiger partial charge in [-0.2, -0.15) is 10.1 Å². The second-order valence-corrected chi connectivity index (χ2v) is 4.99. The van der Waals surface area contributed by atoms with Crippen LogP contribution in [0.5, 0.6) is 0 Å². The number of H-pyrrole nitrogens is 1. The number of carbonyl (C=O) groups is 1. The van der Waals surface area contributed by atoms with E-state index in [0.717, 1.165) is 11.6 Å². The molecule has 1 aromatic carbocycles. The lowest BCUT2D eigenvalue weighted by Gasteiger charge is -2.07. The van der Waals surface area contributed by atoms with Crippen LogP contribution in [0, 0.1) is 5.82 Å². The molecule has 0 fully saturated rings. The van der Waals surface area contributed by atoms with Crippen molar-refractivity contribution in [2.45, 2.75) is 6.42 Å². The van der Waals surface area contributed by atoms with E-state index in [0.29, 0.717) is 16.9 Å². The van der Waals surface area contributed by atoms with Crippen LogP contribution in [0.15, 0.2) is 24.4 Å². The number of esters is 1. The largest absolute Gasteiger partial charge is 0.469 e. The van der Waals surface area contributed by atoms with Crippen LogP contribution in [0.3, 0.4) is 0 Å². The number of halogens is 2. The summed E-state index contributed by atoms with van der Waals surface area (Å²) in [5.41, 5.74) is 1.85. The number of hydrogen-bond donors (Lipinski definition) is 2. The summed E-state index contributed by atoms with van der Waals surface area (Å²) in [6.45, 7) is 0. The van der Waals surface area contributed by atoms with Crippen molar-refractivity contribution in [3.05, 3.63) is 41.2 Å². The van der Waals surface area contributed by atoms with Gasteiger partial charge in [-0.3, -0.25) is 9.89 Å². The van der Waals surface area contributed by atoms with Gasteiger partial charge in [-0.25, -0.2) is 9.37 Å². The van der Waals surface area contributed by atoms with Gasteiger partial charge >= 0.3 is 5.97 Å². The summed E-state index contributed by atoms with van der Waals surface area (Å²) in [6.07, 6.45) is 1.04. The number of aromatic amines is 1. The van der Waals surface area contributed by atoms with E-state index < -0.39 is 5.82 Å². The standard InChI is InChI=1S/C14H11ClFN5O2/c1-23-12(22)5-11-8-4-7(2-3-10(8)20-21-11)18-13-9(16)6-17-14(15)19-13/h2-4,6H,5H2,1H3,(H,20,21)(H,17,18,19). The van der Waals surface area contributed by atoms with Gasteiger partial charge in [0.25, 0.3) is 0 Å². The number of carbonyl (C=O) groups excluding carboxylic acids is 1. The minimum Gasteiger partial charge on any atom is -0.469 e. The Balaban J connectivity index is 1.94. The van der Waals surface area contributed by atoms with Crippen LogP contribution in [-0.2, 0) is 16.0 Å². The zero-order valence-corrected chi connectivity index (χ0v) is 12.7. The number of anilines is 2. The number of nitrogens with one attached hydrogen (secondary N) is 2. The first kappa shape index (κ1) is 15.2. The molecular weight excluding hydrogens is 325 g/mol. The molecule has 0 aliphatic rings. The number of aromatic nitrogens is 4. The van der Waals surface area contributed by atoms with Crippen LogP contribution in [0.4, 0.5) is 15.9 Å². The Hall–Kier alpha value is -2.74. The molecule has 118 valence electrons. The van der Waals surface area contributed by atoms with E-state index in [1.165, 1.54) is 7.11 Å². The van der Waals surface area contributed by atoms with Gasteiger partial charge in [-0.15, -0.1) is 0 Å². The SMILES string of the molecule is COC(=O)Cc1[nH]nc2ccc(Nc3nc(Cl)ncc3F)cc12. The predicted octanol–water partition coefficient (Wildman–Crippen LogP) is 2.60. The Kier molecular flexibility index (Phi) is 4.07. The summed E-state index contributed by atoms with van der Waals surface area (Å²) in [6, 6.07) is 5.17. The van der Waals surface area contributed by atoms with E-state index in [2.05, 4.69) is 30.2 Å².